The van der Waals surface area contributed by atoms with E-state index >= 15 is 0 Å². The average Bonchev–Trinajstić information content (AvgIpc) is 2.43. The molecule has 0 aliphatic carbocycles. The minimum Gasteiger partial charge on any atom is -0.394 e. The van der Waals surface area contributed by atoms with Gasteiger partial charge in [-0.1, -0.05) is 24.6 Å². The number of rotatable bonds is 6. The van der Waals surface area contributed by atoms with Crippen molar-refractivity contribution in [2.45, 2.75) is 19.4 Å². The highest BCUT2D eigenvalue weighted by atomic mass is 35.5. The fourth-order valence-corrected chi connectivity index (χ4v) is 1.60. The number of hydrogen-bond donors (Lipinski definition) is 3. The molecule has 5 nitrogen and oxygen atoms in total. The third-order valence-electron chi connectivity index (χ3n) is 2.62. The van der Waals surface area contributed by atoms with Crippen LogP contribution in [0.3, 0.4) is 0 Å². The summed E-state index contributed by atoms with van der Waals surface area (Å²) in [7, 11) is 0. The van der Waals surface area contributed by atoms with Crippen molar-refractivity contribution in [1.82, 2.24) is 5.32 Å². The number of anilines is 1. The average molecular weight is 294 g/mol. The Morgan fingerprint density at radius 3 is 2.90 bits per heavy atom. The lowest BCUT2D eigenvalue weighted by molar-refractivity contribution is -0.112. The van der Waals surface area contributed by atoms with E-state index in [9.17, 15) is 4.79 Å². The number of carbonyl (C=O) groups excluding carboxylic acids is 1. The van der Waals surface area contributed by atoms with E-state index < -0.39 is 5.91 Å². The van der Waals surface area contributed by atoms with E-state index in [2.05, 4.69) is 10.6 Å². The molecule has 3 N–H and O–H groups in total. The largest absolute Gasteiger partial charge is 0.394 e. The molecule has 0 fully saturated rings. The van der Waals surface area contributed by atoms with Gasteiger partial charge in [0, 0.05) is 23.0 Å². The van der Waals surface area contributed by atoms with Gasteiger partial charge in [0.2, 0.25) is 0 Å². The van der Waals surface area contributed by atoms with Gasteiger partial charge >= 0.3 is 0 Å². The molecule has 1 unspecified atom stereocenters. The Labute approximate surface area is 122 Å². The van der Waals surface area contributed by atoms with Crippen LogP contribution in [0.1, 0.15) is 13.3 Å². The van der Waals surface area contributed by atoms with Gasteiger partial charge in [0.25, 0.3) is 5.91 Å². The van der Waals surface area contributed by atoms with Gasteiger partial charge in [-0.25, -0.2) is 0 Å². The van der Waals surface area contributed by atoms with E-state index in [1.165, 1.54) is 6.20 Å². The highest BCUT2D eigenvalue weighted by molar-refractivity contribution is 6.31. The SMILES string of the molecule is CCC(CO)N/C=C(/C#N)C(=O)Nc1cccc(Cl)c1. The highest BCUT2D eigenvalue weighted by Crippen LogP contribution is 2.15. The number of nitrogens with zero attached hydrogens (tertiary/aromatic N) is 1. The highest BCUT2D eigenvalue weighted by Gasteiger charge is 2.10. The van der Waals surface area contributed by atoms with Gasteiger partial charge < -0.3 is 15.7 Å². The van der Waals surface area contributed by atoms with E-state index in [-0.39, 0.29) is 18.2 Å². The summed E-state index contributed by atoms with van der Waals surface area (Å²) in [6, 6.07) is 8.28. The number of benzene rings is 1. The Bertz CT molecular complexity index is 533. The maximum absolute atomic E-state index is 11.9. The van der Waals surface area contributed by atoms with Crippen molar-refractivity contribution in [2.75, 3.05) is 11.9 Å². The molecule has 1 atom stereocenters. The van der Waals surface area contributed by atoms with E-state index in [0.717, 1.165) is 0 Å². The van der Waals surface area contributed by atoms with Crippen LogP contribution in [-0.2, 0) is 4.79 Å². The van der Waals surface area contributed by atoms with Gasteiger partial charge in [0.15, 0.2) is 0 Å². The van der Waals surface area contributed by atoms with Crippen molar-refractivity contribution in [3.05, 3.63) is 41.1 Å². The third kappa shape index (κ3) is 4.92. The molecule has 0 aromatic heterocycles. The zero-order chi connectivity index (χ0) is 15.0. The normalized spacial score (nSPS) is 12.4. The molecule has 106 valence electrons. The van der Waals surface area contributed by atoms with Crippen LogP contribution in [0, 0.1) is 11.3 Å². The quantitative estimate of drug-likeness (QED) is 0.553. The lowest BCUT2D eigenvalue weighted by Crippen LogP contribution is -2.28. The minimum atomic E-state index is -0.532. The number of amides is 1. The fraction of sp³-hybridized carbons (Fsp3) is 0.286. The Morgan fingerprint density at radius 2 is 2.35 bits per heavy atom. The van der Waals surface area contributed by atoms with Gasteiger partial charge in [-0.3, -0.25) is 4.79 Å². The molecule has 0 radical (unpaired) electrons. The van der Waals surface area contributed by atoms with Crippen LogP contribution >= 0.6 is 11.6 Å². The van der Waals surface area contributed by atoms with E-state index in [1.54, 1.807) is 24.3 Å². The van der Waals surface area contributed by atoms with Crippen LogP contribution in [0.2, 0.25) is 5.02 Å². The van der Waals surface area contributed by atoms with Gasteiger partial charge in [0.05, 0.1) is 6.61 Å². The van der Waals surface area contributed by atoms with Gasteiger partial charge in [0.1, 0.15) is 11.6 Å². The van der Waals surface area contributed by atoms with Crippen molar-refractivity contribution in [2.24, 2.45) is 0 Å². The molecule has 0 saturated heterocycles. The Balaban J connectivity index is 2.73. The van der Waals surface area contributed by atoms with Gasteiger partial charge in [-0.05, 0) is 24.6 Å². The molecule has 0 saturated carbocycles. The number of nitrogens with one attached hydrogen (secondary N) is 2. The van der Waals surface area contributed by atoms with Crippen molar-refractivity contribution in [3.8, 4) is 6.07 Å². The zero-order valence-electron chi connectivity index (χ0n) is 11.1. The molecule has 0 aliphatic rings. The Kier molecular flexibility index (Phi) is 6.57. The summed E-state index contributed by atoms with van der Waals surface area (Å²) >= 11 is 5.81. The second kappa shape index (κ2) is 8.20. The van der Waals surface area contributed by atoms with Crippen LogP contribution < -0.4 is 10.6 Å². The standard InChI is InChI=1S/C14H16ClN3O2/c1-2-12(9-19)17-8-10(7-16)14(20)18-13-5-3-4-11(15)6-13/h3-6,8,12,17,19H,2,9H2,1H3,(H,18,20)/b10-8-. The lowest BCUT2D eigenvalue weighted by Gasteiger charge is -2.12. The summed E-state index contributed by atoms with van der Waals surface area (Å²) in [5.74, 6) is -0.532. The first-order valence-electron chi connectivity index (χ1n) is 6.14. The second-order valence-corrected chi connectivity index (χ2v) is 4.53. The first-order valence-corrected chi connectivity index (χ1v) is 6.52. The first kappa shape index (κ1) is 16.0. The third-order valence-corrected chi connectivity index (χ3v) is 2.86. The van der Waals surface area contributed by atoms with Gasteiger partial charge in [-0.15, -0.1) is 0 Å². The summed E-state index contributed by atoms with van der Waals surface area (Å²) in [5, 5.41) is 23.9. The number of aliphatic hydroxyl groups excluding tert-OH is 1. The molecule has 1 aromatic carbocycles. The number of aliphatic hydroxyl groups is 1. The first-order chi connectivity index (χ1) is 9.60. The smallest absolute Gasteiger partial charge is 0.267 e. The van der Waals surface area contributed by atoms with Crippen LogP contribution in [0.4, 0.5) is 5.69 Å². The van der Waals surface area contributed by atoms with E-state index in [1.807, 2.05) is 13.0 Å². The second-order valence-electron chi connectivity index (χ2n) is 4.09. The Morgan fingerprint density at radius 1 is 1.60 bits per heavy atom. The molecular formula is C14H16ClN3O2. The number of hydrogen-bond acceptors (Lipinski definition) is 4. The van der Waals surface area contributed by atoms with Crippen LogP contribution in [-0.4, -0.2) is 23.7 Å². The van der Waals surface area contributed by atoms with Crippen molar-refractivity contribution in [3.63, 3.8) is 0 Å². The minimum absolute atomic E-state index is 0.0678. The maximum Gasteiger partial charge on any atom is 0.267 e. The number of carbonyl (C=O) groups is 1. The van der Waals surface area contributed by atoms with Crippen LogP contribution in [0.5, 0.6) is 0 Å². The summed E-state index contributed by atoms with van der Waals surface area (Å²) in [6.07, 6.45) is 1.99. The predicted octanol–water partition coefficient (Wildman–Crippen LogP) is 2.05. The molecule has 0 aliphatic heterocycles. The molecule has 1 aromatic rings. The molecule has 0 bridgehead atoms. The maximum atomic E-state index is 11.9. The molecule has 0 heterocycles. The molecule has 0 spiro atoms. The zero-order valence-corrected chi connectivity index (χ0v) is 11.8. The molecule has 1 amide bonds. The number of halogens is 1. The topological polar surface area (TPSA) is 85.2 Å². The summed E-state index contributed by atoms with van der Waals surface area (Å²) in [5.41, 5.74) is 0.440. The molecule has 1 rings (SSSR count). The molecular weight excluding hydrogens is 278 g/mol. The summed E-state index contributed by atoms with van der Waals surface area (Å²) < 4.78 is 0. The van der Waals surface area contributed by atoms with Crippen LogP contribution in [0.25, 0.3) is 0 Å². The Hall–Kier alpha value is -2.03. The monoisotopic (exact) mass is 293 g/mol. The molecule has 6 heteroatoms. The molecule has 20 heavy (non-hydrogen) atoms. The van der Waals surface area contributed by atoms with Gasteiger partial charge in [-0.2, -0.15) is 5.26 Å². The van der Waals surface area contributed by atoms with E-state index in [0.29, 0.717) is 17.1 Å². The van der Waals surface area contributed by atoms with E-state index in [4.69, 9.17) is 22.0 Å². The van der Waals surface area contributed by atoms with Crippen molar-refractivity contribution in [1.29, 1.82) is 5.26 Å². The van der Waals surface area contributed by atoms with Crippen molar-refractivity contribution < 1.29 is 9.90 Å². The predicted molar refractivity (Wildman–Crippen MR) is 78.1 cm³/mol. The van der Waals surface area contributed by atoms with Crippen LogP contribution in [0.15, 0.2) is 36.0 Å². The summed E-state index contributed by atoms with van der Waals surface area (Å²) in [4.78, 5) is 11.9. The fourth-order valence-electron chi connectivity index (χ4n) is 1.41. The van der Waals surface area contributed by atoms with Crippen molar-refractivity contribution >= 4 is 23.2 Å². The summed E-state index contributed by atoms with van der Waals surface area (Å²) in [6.45, 7) is 1.82. The lowest BCUT2D eigenvalue weighted by atomic mass is 10.2. The number of nitriles is 1.